The van der Waals surface area contributed by atoms with Gasteiger partial charge in [0.25, 0.3) is 15.7 Å². The fourth-order valence-corrected chi connectivity index (χ4v) is 3.96. The van der Waals surface area contributed by atoms with Gasteiger partial charge in [0.15, 0.2) is 0 Å². The van der Waals surface area contributed by atoms with Crippen LogP contribution in [0.5, 0.6) is 0 Å². The average molecular weight is 449 g/mol. The molecule has 0 aliphatic heterocycles. The molecule has 25 heavy (non-hydrogen) atoms. The van der Waals surface area contributed by atoms with Crippen LogP contribution in [0.25, 0.3) is 0 Å². The molecule has 8 nitrogen and oxygen atoms in total. The van der Waals surface area contributed by atoms with Gasteiger partial charge in [-0.3, -0.25) is 19.2 Å². The summed E-state index contributed by atoms with van der Waals surface area (Å²) < 4.78 is 27.1. The number of anilines is 1. The van der Waals surface area contributed by atoms with Crippen LogP contribution in [-0.4, -0.2) is 25.8 Å². The van der Waals surface area contributed by atoms with Crippen LogP contribution in [0.2, 0.25) is 5.02 Å². The molecule has 0 spiro atoms. The number of rotatable bonds is 6. The van der Waals surface area contributed by atoms with E-state index in [4.69, 9.17) is 17.3 Å². The fraction of sp³-hybridized carbons (Fsp3) is 0.0714. The van der Waals surface area contributed by atoms with Crippen molar-refractivity contribution in [3.63, 3.8) is 0 Å². The largest absolute Gasteiger partial charge is 0.368 e. The summed E-state index contributed by atoms with van der Waals surface area (Å²) in [7, 11) is -4.23. The molecule has 0 heterocycles. The van der Waals surface area contributed by atoms with Crippen LogP contribution in [0.15, 0.2) is 51.8 Å². The Hall–Kier alpha value is -2.17. The van der Waals surface area contributed by atoms with Gasteiger partial charge in [0.05, 0.1) is 20.5 Å². The third kappa shape index (κ3) is 4.27. The van der Waals surface area contributed by atoms with Gasteiger partial charge in [-0.2, -0.15) is 0 Å². The first-order chi connectivity index (χ1) is 11.6. The highest BCUT2D eigenvalue weighted by atomic mass is 79.9. The molecule has 0 atom stereocenters. The first-order valence-electron chi connectivity index (χ1n) is 6.63. The molecule has 0 fully saturated rings. The van der Waals surface area contributed by atoms with E-state index in [9.17, 15) is 23.3 Å². The summed E-state index contributed by atoms with van der Waals surface area (Å²) in [6, 6.07) is 8.93. The van der Waals surface area contributed by atoms with Crippen molar-refractivity contribution in [2.45, 2.75) is 4.90 Å². The Labute approximate surface area is 156 Å². The van der Waals surface area contributed by atoms with Gasteiger partial charge in [-0.15, -0.1) is 0 Å². The number of non-ortho nitro benzene ring substituents is 1. The van der Waals surface area contributed by atoms with E-state index in [-0.39, 0.29) is 21.3 Å². The van der Waals surface area contributed by atoms with Gasteiger partial charge in [0, 0.05) is 16.6 Å². The number of halogens is 2. The minimum Gasteiger partial charge on any atom is -0.368 e. The molecule has 0 saturated carbocycles. The summed E-state index contributed by atoms with van der Waals surface area (Å²) >= 11 is 9.20. The zero-order valence-electron chi connectivity index (χ0n) is 12.4. The molecule has 2 rings (SSSR count). The van der Waals surface area contributed by atoms with Crippen molar-refractivity contribution < 1.29 is 18.1 Å². The van der Waals surface area contributed by atoms with E-state index in [0.29, 0.717) is 8.78 Å². The number of hydrogen-bond acceptors (Lipinski definition) is 5. The zero-order chi connectivity index (χ0) is 18.8. The molecule has 132 valence electrons. The van der Waals surface area contributed by atoms with Crippen molar-refractivity contribution in [1.82, 2.24) is 0 Å². The van der Waals surface area contributed by atoms with Gasteiger partial charge in [0.2, 0.25) is 5.91 Å². The number of primary amides is 1. The van der Waals surface area contributed by atoms with Crippen LogP contribution < -0.4 is 10.0 Å². The molecule has 2 aromatic carbocycles. The van der Waals surface area contributed by atoms with Crippen molar-refractivity contribution in [1.29, 1.82) is 0 Å². The van der Waals surface area contributed by atoms with E-state index in [0.717, 1.165) is 12.1 Å². The van der Waals surface area contributed by atoms with Crippen LogP contribution in [0.3, 0.4) is 0 Å². The highest BCUT2D eigenvalue weighted by Gasteiger charge is 2.29. The molecule has 0 unspecified atom stereocenters. The standard InChI is InChI=1S/C14H11BrClN3O5S/c15-9-1-4-11(5-2-9)25(23,24)18(8-14(17)20)13-7-10(19(21)22)3-6-12(13)16/h1-7H,8H2,(H2,17,20). The van der Waals surface area contributed by atoms with Crippen LogP contribution in [0.1, 0.15) is 0 Å². The van der Waals surface area contributed by atoms with Gasteiger partial charge in [0.1, 0.15) is 6.54 Å². The van der Waals surface area contributed by atoms with E-state index in [2.05, 4.69) is 15.9 Å². The van der Waals surface area contributed by atoms with Gasteiger partial charge >= 0.3 is 0 Å². The molecule has 0 aliphatic carbocycles. The normalized spacial score (nSPS) is 11.1. The number of carbonyl (C=O) groups is 1. The minimum atomic E-state index is -4.23. The minimum absolute atomic E-state index is 0.0764. The summed E-state index contributed by atoms with van der Waals surface area (Å²) in [5.41, 5.74) is 4.56. The summed E-state index contributed by atoms with van der Waals surface area (Å²) in [4.78, 5) is 21.5. The van der Waals surface area contributed by atoms with E-state index in [1.165, 1.54) is 30.3 Å². The number of carbonyl (C=O) groups excluding carboxylic acids is 1. The molecule has 0 bridgehead atoms. The quantitative estimate of drug-likeness (QED) is 0.537. The van der Waals surface area contributed by atoms with E-state index < -0.39 is 27.4 Å². The maximum atomic E-state index is 12.9. The molecule has 2 N–H and O–H groups in total. The monoisotopic (exact) mass is 447 g/mol. The molecular formula is C14H11BrClN3O5S. The molecule has 0 radical (unpaired) electrons. The predicted octanol–water partition coefficient (Wildman–Crippen LogP) is 2.69. The summed E-state index contributed by atoms with van der Waals surface area (Å²) in [5, 5.41) is 10.9. The Morgan fingerprint density at radius 3 is 2.36 bits per heavy atom. The summed E-state index contributed by atoms with van der Waals surface area (Å²) in [6.07, 6.45) is 0. The number of sulfonamides is 1. The SMILES string of the molecule is NC(=O)CN(c1cc([N+](=O)[O-])ccc1Cl)S(=O)(=O)c1ccc(Br)cc1. The first kappa shape index (κ1) is 19.2. The van der Waals surface area contributed by atoms with Crippen molar-refractivity contribution in [2.75, 3.05) is 10.8 Å². The van der Waals surface area contributed by atoms with Crippen LogP contribution in [0.4, 0.5) is 11.4 Å². The molecular weight excluding hydrogens is 438 g/mol. The molecule has 2 aromatic rings. The molecule has 11 heteroatoms. The van der Waals surface area contributed by atoms with Gasteiger partial charge < -0.3 is 5.73 Å². The lowest BCUT2D eigenvalue weighted by Gasteiger charge is -2.24. The number of nitrogens with two attached hydrogens (primary N) is 1. The van der Waals surface area contributed by atoms with Crippen molar-refractivity contribution in [3.8, 4) is 0 Å². The molecule has 0 aliphatic rings. The van der Waals surface area contributed by atoms with Crippen molar-refractivity contribution in [3.05, 3.63) is 62.1 Å². The summed E-state index contributed by atoms with van der Waals surface area (Å²) in [6.45, 7) is -0.723. The van der Waals surface area contributed by atoms with Crippen LogP contribution >= 0.6 is 27.5 Å². The Morgan fingerprint density at radius 2 is 1.84 bits per heavy atom. The number of nitro groups is 1. The molecule has 0 aromatic heterocycles. The third-order valence-corrected chi connectivity index (χ3v) is 5.73. The predicted molar refractivity (Wildman–Crippen MR) is 96.0 cm³/mol. The topological polar surface area (TPSA) is 124 Å². The van der Waals surface area contributed by atoms with Crippen molar-refractivity contribution in [2.24, 2.45) is 5.73 Å². The second-order valence-corrected chi connectivity index (χ2v) is 8.01. The maximum Gasteiger partial charge on any atom is 0.271 e. The fourth-order valence-electron chi connectivity index (χ4n) is 1.98. The average Bonchev–Trinajstić information content (AvgIpc) is 2.53. The number of amides is 1. The number of nitro benzene ring substituents is 1. The van der Waals surface area contributed by atoms with Gasteiger partial charge in [-0.1, -0.05) is 27.5 Å². The Morgan fingerprint density at radius 1 is 1.24 bits per heavy atom. The van der Waals surface area contributed by atoms with Crippen molar-refractivity contribution >= 4 is 54.8 Å². The highest BCUT2D eigenvalue weighted by molar-refractivity contribution is 9.10. The lowest BCUT2D eigenvalue weighted by molar-refractivity contribution is -0.384. The van der Waals surface area contributed by atoms with E-state index >= 15 is 0 Å². The highest BCUT2D eigenvalue weighted by Crippen LogP contribution is 2.33. The lowest BCUT2D eigenvalue weighted by Crippen LogP contribution is -2.38. The second kappa shape index (κ2) is 7.38. The number of nitrogens with zero attached hydrogens (tertiary/aromatic N) is 2. The molecule has 1 amide bonds. The Bertz CT molecular complexity index is 934. The Balaban J connectivity index is 2.64. The zero-order valence-corrected chi connectivity index (χ0v) is 15.6. The third-order valence-electron chi connectivity index (χ3n) is 3.11. The van der Waals surface area contributed by atoms with Crippen LogP contribution in [-0.2, 0) is 14.8 Å². The lowest BCUT2D eigenvalue weighted by atomic mass is 10.3. The first-order valence-corrected chi connectivity index (χ1v) is 9.24. The van der Waals surface area contributed by atoms with Crippen LogP contribution in [0, 0.1) is 10.1 Å². The number of hydrogen-bond donors (Lipinski definition) is 1. The maximum absolute atomic E-state index is 12.9. The smallest absolute Gasteiger partial charge is 0.271 e. The number of benzene rings is 2. The molecule has 0 saturated heterocycles. The van der Waals surface area contributed by atoms with Gasteiger partial charge in [-0.25, -0.2) is 8.42 Å². The summed E-state index contributed by atoms with van der Waals surface area (Å²) in [5.74, 6) is -0.941. The Kier molecular flexibility index (Phi) is 5.65. The second-order valence-electron chi connectivity index (χ2n) is 4.82. The van der Waals surface area contributed by atoms with E-state index in [1.54, 1.807) is 0 Å². The van der Waals surface area contributed by atoms with Gasteiger partial charge in [-0.05, 0) is 30.3 Å². The van der Waals surface area contributed by atoms with E-state index in [1.807, 2.05) is 0 Å².